The van der Waals surface area contributed by atoms with Gasteiger partial charge in [0.1, 0.15) is 0 Å². The zero-order valence-corrected chi connectivity index (χ0v) is 57.3. The molecule has 16 aromatic rings. The first kappa shape index (κ1) is 60.1. The smallest absolute Gasteiger partial charge is 0.0725 e. The molecule has 0 heterocycles. The summed E-state index contributed by atoms with van der Waals surface area (Å²) in [5.41, 5.74) is 37.5. The van der Waals surface area contributed by atoms with Gasteiger partial charge < -0.3 is 9.80 Å². The van der Waals surface area contributed by atoms with Gasteiger partial charge in [-0.3, -0.25) is 0 Å². The van der Waals surface area contributed by atoms with Crippen LogP contribution in [-0.4, -0.2) is 0 Å². The average Bonchev–Trinajstić information content (AvgIpc) is 1.51. The third-order valence-electron chi connectivity index (χ3n) is 23.0. The summed E-state index contributed by atoms with van der Waals surface area (Å²) in [5, 5.41) is 0. The van der Waals surface area contributed by atoms with Gasteiger partial charge in [-0.05, 0) is 220 Å². The number of anilines is 6. The fourth-order valence-corrected chi connectivity index (χ4v) is 18.6. The topological polar surface area (TPSA) is 6.48 Å². The zero-order valence-electron chi connectivity index (χ0n) is 57.3. The Kier molecular flexibility index (Phi) is 13.8. The first-order valence-electron chi connectivity index (χ1n) is 36.0. The lowest BCUT2D eigenvalue weighted by Gasteiger charge is -2.36. The highest BCUT2D eigenvalue weighted by Gasteiger charge is 2.53. The molecule has 103 heavy (non-hydrogen) atoms. The van der Waals surface area contributed by atoms with Crippen LogP contribution >= 0.6 is 0 Å². The second kappa shape index (κ2) is 23.6. The summed E-state index contributed by atoms with van der Waals surface area (Å²) in [4.78, 5) is 4.95. The number of aryl methyl sites for hydroxylation is 2. The number of nitrogens with zero attached hydrogens (tertiary/aromatic N) is 2. The maximum absolute atomic E-state index is 2.51. The van der Waals surface area contributed by atoms with E-state index in [-0.39, 0.29) is 0 Å². The molecular formula is C101H70N2. The molecule has 20 rings (SSSR count). The highest BCUT2D eigenvalue weighted by Crippen LogP contribution is 2.65. The highest BCUT2D eigenvalue weighted by molar-refractivity contribution is 5.98. The number of benzene rings is 16. The fraction of sp³-hybridized carbons (Fsp3) is 0.0495. The van der Waals surface area contributed by atoms with Crippen LogP contribution in [0.2, 0.25) is 0 Å². The van der Waals surface area contributed by atoms with Gasteiger partial charge in [-0.1, -0.05) is 327 Å². The van der Waals surface area contributed by atoms with E-state index in [0.717, 1.165) is 45.3 Å². The molecule has 4 aliphatic rings. The SMILES string of the molecule is Cc1ccc2c(c1)C(c1ccccc1)(c1ccccc1)c1cc(N(c3ccc(-c4ccc(N(c5ccc(-c6ccccc6)cc5)c5ccc6c(c5)-c5ccccc5C65c6ccccc6-c6ccccc65)cc4)cc3)c3ccc4c(c3)C(c3ccccc3)(c3ccccc3)c3cc(C)ccc3-4)ccc1-2. The Hall–Kier alpha value is -12.9. The molecule has 0 saturated carbocycles. The standard InChI is InChI=1S/C101H70N2/c1-67-40-57-86-88-59-54-81(65-97(88)99(95(86)62-67,73-26-10-4-11-27-73)74-28-12-5-13-29-74)103(82-55-60-89-87-58-41-68(2)63-96(87)100(98(89)66-82,75-30-14-6-15-31-75)76-32-16-7-17-33-76)79-52-46-72(47-53-79)71-44-50-78(51-45-71)102(77-48-42-70(43-49-77)69-24-8-3-9-25-69)80-56-61-94-90(64-80)85-36-20-23-39-93(85)101(94)91-37-21-18-34-83(91)84-35-19-22-38-92(84)101/h3-66H,1-2H3. The molecule has 0 amide bonds. The Morgan fingerprint density at radius 3 is 0.796 bits per heavy atom. The van der Waals surface area contributed by atoms with Crippen molar-refractivity contribution in [2.45, 2.75) is 30.1 Å². The van der Waals surface area contributed by atoms with Crippen LogP contribution in [0.5, 0.6) is 0 Å². The minimum Gasteiger partial charge on any atom is -0.310 e. The van der Waals surface area contributed by atoms with Gasteiger partial charge in [0.2, 0.25) is 0 Å². The van der Waals surface area contributed by atoms with Crippen molar-refractivity contribution in [1.82, 2.24) is 0 Å². The third-order valence-corrected chi connectivity index (χ3v) is 23.0. The lowest BCUT2D eigenvalue weighted by molar-refractivity contribution is 0.766. The first-order chi connectivity index (χ1) is 50.9. The monoisotopic (exact) mass is 1310 g/mol. The Labute approximate surface area is 603 Å². The molecule has 0 saturated heterocycles. The Morgan fingerprint density at radius 2 is 0.417 bits per heavy atom. The summed E-state index contributed by atoms with van der Waals surface area (Å²) < 4.78 is 0. The van der Waals surface area contributed by atoms with E-state index in [1.54, 1.807) is 0 Å². The Balaban J connectivity index is 0.738. The van der Waals surface area contributed by atoms with Crippen molar-refractivity contribution < 1.29 is 0 Å². The normalized spacial score (nSPS) is 13.8. The highest BCUT2D eigenvalue weighted by atomic mass is 15.1. The van der Waals surface area contributed by atoms with E-state index in [2.05, 4.69) is 412 Å². The molecule has 16 aromatic carbocycles. The average molecular weight is 1310 g/mol. The van der Waals surface area contributed by atoms with Gasteiger partial charge in [0.25, 0.3) is 0 Å². The molecule has 0 N–H and O–H groups in total. The summed E-state index contributed by atoms with van der Waals surface area (Å²) in [6, 6.07) is 146. The number of rotatable bonds is 12. The van der Waals surface area contributed by atoms with E-state index in [0.29, 0.717) is 0 Å². The van der Waals surface area contributed by atoms with Gasteiger partial charge in [-0.15, -0.1) is 0 Å². The summed E-state index contributed by atoms with van der Waals surface area (Å²) in [7, 11) is 0. The van der Waals surface area contributed by atoms with E-state index < -0.39 is 16.2 Å². The van der Waals surface area contributed by atoms with Crippen molar-refractivity contribution in [3.63, 3.8) is 0 Å². The molecule has 2 nitrogen and oxygen atoms in total. The van der Waals surface area contributed by atoms with Crippen molar-refractivity contribution in [2.24, 2.45) is 0 Å². The molecule has 0 unspecified atom stereocenters. The molecule has 0 radical (unpaired) electrons. The van der Waals surface area contributed by atoms with E-state index in [1.165, 1.54) is 134 Å². The molecule has 1 spiro atoms. The van der Waals surface area contributed by atoms with Gasteiger partial charge in [0, 0.05) is 34.1 Å². The molecule has 2 heteroatoms. The van der Waals surface area contributed by atoms with E-state index in [9.17, 15) is 0 Å². The number of hydrogen-bond donors (Lipinski definition) is 0. The maximum Gasteiger partial charge on any atom is 0.0725 e. The molecule has 0 bridgehead atoms. The number of fused-ring (bicyclic) bond motifs is 16. The maximum atomic E-state index is 2.51. The molecule has 0 aromatic heterocycles. The molecule has 484 valence electrons. The summed E-state index contributed by atoms with van der Waals surface area (Å²) in [6.45, 7) is 4.46. The van der Waals surface area contributed by atoms with Crippen LogP contribution in [0.25, 0.3) is 66.8 Å². The second-order valence-corrected chi connectivity index (χ2v) is 28.3. The Morgan fingerprint density at radius 1 is 0.165 bits per heavy atom. The van der Waals surface area contributed by atoms with Crippen molar-refractivity contribution in [3.8, 4) is 66.8 Å². The minimum absolute atomic E-state index is 0.429. The fourth-order valence-electron chi connectivity index (χ4n) is 18.6. The molecule has 0 fully saturated rings. The van der Waals surface area contributed by atoms with Crippen molar-refractivity contribution in [3.05, 3.63) is 466 Å². The van der Waals surface area contributed by atoms with Gasteiger partial charge in [-0.25, -0.2) is 0 Å². The second-order valence-electron chi connectivity index (χ2n) is 28.3. The number of hydrogen-bond acceptors (Lipinski definition) is 2. The van der Waals surface area contributed by atoms with Gasteiger partial charge in [-0.2, -0.15) is 0 Å². The largest absolute Gasteiger partial charge is 0.310 e. The van der Waals surface area contributed by atoms with Crippen LogP contribution in [0.1, 0.15) is 77.9 Å². The summed E-state index contributed by atoms with van der Waals surface area (Å²) >= 11 is 0. The van der Waals surface area contributed by atoms with Crippen LogP contribution in [0.15, 0.2) is 388 Å². The Bertz CT molecular complexity index is 5670. The van der Waals surface area contributed by atoms with Crippen molar-refractivity contribution in [2.75, 3.05) is 9.80 Å². The lowest BCUT2D eigenvalue weighted by Crippen LogP contribution is -2.29. The van der Waals surface area contributed by atoms with E-state index >= 15 is 0 Å². The zero-order chi connectivity index (χ0) is 68.4. The van der Waals surface area contributed by atoms with Crippen LogP contribution in [0, 0.1) is 13.8 Å². The molecule has 0 atom stereocenters. The van der Waals surface area contributed by atoms with Crippen LogP contribution in [-0.2, 0) is 16.2 Å². The van der Waals surface area contributed by atoms with Crippen LogP contribution in [0.3, 0.4) is 0 Å². The third kappa shape index (κ3) is 8.94. The summed E-state index contributed by atoms with van der Waals surface area (Å²) in [5.74, 6) is 0. The van der Waals surface area contributed by atoms with Gasteiger partial charge in [0.15, 0.2) is 0 Å². The van der Waals surface area contributed by atoms with Gasteiger partial charge >= 0.3 is 0 Å². The minimum atomic E-state index is -0.602. The van der Waals surface area contributed by atoms with E-state index in [1.807, 2.05) is 0 Å². The molecule has 4 aliphatic carbocycles. The molecular weight excluding hydrogens is 1240 g/mol. The van der Waals surface area contributed by atoms with Crippen molar-refractivity contribution >= 4 is 34.1 Å². The summed E-state index contributed by atoms with van der Waals surface area (Å²) in [6.07, 6.45) is 0. The first-order valence-corrected chi connectivity index (χ1v) is 36.0. The molecule has 0 aliphatic heterocycles. The van der Waals surface area contributed by atoms with Crippen LogP contribution in [0.4, 0.5) is 34.1 Å². The van der Waals surface area contributed by atoms with Crippen LogP contribution < -0.4 is 9.80 Å². The van der Waals surface area contributed by atoms with Gasteiger partial charge in [0.05, 0.1) is 16.2 Å². The van der Waals surface area contributed by atoms with E-state index in [4.69, 9.17) is 0 Å². The predicted octanol–water partition coefficient (Wildman–Crippen LogP) is 25.6. The predicted molar refractivity (Wildman–Crippen MR) is 427 cm³/mol. The lowest BCUT2D eigenvalue weighted by atomic mass is 9.67. The van der Waals surface area contributed by atoms with Crippen molar-refractivity contribution in [1.29, 1.82) is 0 Å². The quantitative estimate of drug-likeness (QED) is 0.120.